The van der Waals surface area contributed by atoms with E-state index in [0.717, 1.165) is 12.8 Å². The summed E-state index contributed by atoms with van der Waals surface area (Å²) >= 11 is 0. The van der Waals surface area contributed by atoms with E-state index >= 15 is 0 Å². The van der Waals surface area contributed by atoms with Crippen molar-refractivity contribution in [3.05, 3.63) is 0 Å². The van der Waals surface area contributed by atoms with Crippen LogP contribution in [-0.4, -0.2) is 49.1 Å². The highest BCUT2D eigenvalue weighted by Crippen LogP contribution is 2.38. The van der Waals surface area contributed by atoms with Crippen LogP contribution in [0.4, 0.5) is 0 Å². The van der Waals surface area contributed by atoms with Crippen molar-refractivity contribution < 1.29 is 13.2 Å². The molecule has 1 amide bonds. The Hall–Kier alpha value is -0.660. The molecule has 2 fully saturated rings. The largest absolute Gasteiger partial charge is 0.352 e. The zero-order valence-corrected chi connectivity index (χ0v) is 13.8. The smallest absolute Gasteiger partial charge is 0.240 e. The minimum atomic E-state index is -3.12. The maximum Gasteiger partial charge on any atom is 0.240 e. The van der Waals surface area contributed by atoms with E-state index in [1.807, 2.05) is 6.92 Å². The highest BCUT2D eigenvalue weighted by atomic mass is 32.2. The summed E-state index contributed by atoms with van der Waals surface area (Å²) in [6.45, 7) is 4.63. The van der Waals surface area contributed by atoms with Gasteiger partial charge in [-0.15, -0.1) is 0 Å². The third kappa shape index (κ3) is 3.96. The Balaban J connectivity index is 1.83. The molecule has 0 spiro atoms. The van der Waals surface area contributed by atoms with Gasteiger partial charge in [-0.1, -0.05) is 6.92 Å². The van der Waals surface area contributed by atoms with Crippen LogP contribution in [0.25, 0.3) is 0 Å². The van der Waals surface area contributed by atoms with E-state index in [1.54, 1.807) is 11.2 Å². The van der Waals surface area contributed by atoms with Gasteiger partial charge in [-0.05, 0) is 44.9 Å². The van der Waals surface area contributed by atoms with Gasteiger partial charge in [-0.2, -0.15) is 0 Å². The van der Waals surface area contributed by atoms with Gasteiger partial charge in [-0.25, -0.2) is 12.7 Å². The summed E-state index contributed by atoms with van der Waals surface area (Å²) in [7, 11) is -3.12. The SMILES string of the molecule is CCCS(=O)(=O)N1CCC(NC(=O)C(C)(N)C2CC2)CC1. The molecule has 6 nitrogen and oxygen atoms in total. The molecule has 0 aromatic rings. The first-order valence-electron chi connectivity index (χ1n) is 7.85. The molecule has 21 heavy (non-hydrogen) atoms. The summed E-state index contributed by atoms with van der Waals surface area (Å²) in [5.41, 5.74) is 5.31. The van der Waals surface area contributed by atoms with Gasteiger partial charge in [0.05, 0.1) is 11.3 Å². The molecule has 0 bridgehead atoms. The van der Waals surface area contributed by atoms with Gasteiger partial charge in [0, 0.05) is 19.1 Å². The number of nitrogens with zero attached hydrogens (tertiary/aromatic N) is 1. The second-order valence-electron chi connectivity index (χ2n) is 6.52. The van der Waals surface area contributed by atoms with E-state index < -0.39 is 15.6 Å². The lowest BCUT2D eigenvalue weighted by atomic mass is 9.95. The minimum Gasteiger partial charge on any atom is -0.352 e. The maximum atomic E-state index is 12.2. The van der Waals surface area contributed by atoms with Crippen LogP contribution in [0.15, 0.2) is 0 Å². The number of amides is 1. The van der Waals surface area contributed by atoms with Crippen molar-refractivity contribution in [2.45, 2.75) is 57.5 Å². The first-order valence-corrected chi connectivity index (χ1v) is 9.46. The number of carbonyl (C=O) groups is 1. The molecule has 0 radical (unpaired) electrons. The molecular formula is C14H27N3O3S. The fourth-order valence-corrected chi connectivity index (χ4v) is 4.42. The number of nitrogens with two attached hydrogens (primary N) is 1. The number of nitrogens with one attached hydrogen (secondary N) is 1. The molecule has 2 rings (SSSR count). The highest BCUT2D eigenvalue weighted by molar-refractivity contribution is 7.89. The van der Waals surface area contributed by atoms with Crippen molar-refractivity contribution in [2.24, 2.45) is 11.7 Å². The lowest BCUT2D eigenvalue weighted by molar-refractivity contribution is -0.127. The van der Waals surface area contributed by atoms with Crippen LogP contribution in [0, 0.1) is 5.92 Å². The Bertz CT molecular complexity index is 478. The monoisotopic (exact) mass is 317 g/mol. The molecule has 0 aromatic carbocycles. The lowest BCUT2D eigenvalue weighted by Crippen LogP contribution is -2.57. The standard InChI is InChI=1S/C14H27N3O3S/c1-3-10-21(19,20)17-8-6-12(7-9-17)16-13(18)14(2,15)11-4-5-11/h11-12H,3-10,15H2,1-2H3,(H,16,18). The number of piperidine rings is 1. The average Bonchev–Trinajstić information content (AvgIpc) is 3.23. The molecule has 3 N–H and O–H groups in total. The van der Waals surface area contributed by atoms with Crippen LogP contribution in [-0.2, 0) is 14.8 Å². The van der Waals surface area contributed by atoms with Crippen molar-refractivity contribution >= 4 is 15.9 Å². The van der Waals surface area contributed by atoms with Crippen molar-refractivity contribution in [1.29, 1.82) is 0 Å². The van der Waals surface area contributed by atoms with Crippen LogP contribution in [0.5, 0.6) is 0 Å². The fraction of sp³-hybridized carbons (Fsp3) is 0.929. The summed E-state index contributed by atoms with van der Waals surface area (Å²) in [6.07, 6.45) is 4.00. The molecule has 122 valence electrons. The first-order chi connectivity index (χ1) is 9.77. The molecule has 1 saturated heterocycles. The van der Waals surface area contributed by atoms with Gasteiger partial charge < -0.3 is 11.1 Å². The van der Waals surface area contributed by atoms with Gasteiger partial charge in [0.15, 0.2) is 0 Å². The van der Waals surface area contributed by atoms with E-state index in [2.05, 4.69) is 5.32 Å². The highest BCUT2D eigenvalue weighted by Gasteiger charge is 2.44. The van der Waals surface area contributed by atoms with E-state index in [9.17, 15) is 13.2 Å². The van der Waals surface area contributed by atoms with Crippen molar-refractivity contribution in [3.63, 3.8) is 0 Å². The predicted octanol–water partition coefficient (Wildman–Crippen LogP) is 0.434. The van der Waals surface area contributed by atoms with E-state index in [4.69, 9.17) is 5.73 Å². The van der Waals surface area contributed by atoms with Gasteiger partial charge in [0.1, 0.15) is 0 Å². The molecular weight excluding hydrogens is 290 g/mol. The number of carbonyl (C=O) groups excluding carboxylic acids is 1. The van der Waals surface area contributed by atoms with E-state index in [1.165, 1.54) is 0 Å². The molecule has 0 aromatic heterocycles. The first kappa shape index (κ1) is 16.7. The summed E-state index contributed by atoms with van der Waals surface area (Å²) in [5.74, 6) is 0.398. The Morgan fingerprint density at radius 3 is 2.33 bits per heavy atom. The van der Waals surface area contributed by atoms with Gasteiger partial charge in [0.2, 0.25) is 15.9 Å². The third-order valence-electron chi connectivity index (χ3n) is 4.56. The van der Waals surface area contributed by atoms with Crippen molar-refractivity contribution in [3.8, 4) is 0 Å². The third-order valence-corrected chi connectivity index (χ3v) is 6.64. The fourth-order valence-electron chi connectivity index (χ4n) is 2.87. The number of hydrogen-bond acceptors (Lipinski definition) is 4. The van der Waals surface area contributed by atoms with Gasteiger partial charge in [-0.3, -0.25) is 4.79 Å². The Morgan fingerprint density at radius 2 is 1.86 bits per heavy atom. The van der Waals surface area contributed by atoms with Gasteiger partial charge >= 0.3 is 0 Å². The minimum absolute atomic E-state index is 0.0344. The molecule has 7 heteroatoms. The average molecular weight is 317 g/mol. The second kappa shape index (κ2) is 6.22. The number of hydrogen-bond donors (Lipinski definition) is 2. The molecule has 1 aliphatic carbocycles. The summed E-state index contributed by atoms with van der Waals surface area (Å²) in [5, 5.41) is 3.00. The van der Waals surface area contributed by atoms with Crippen molar-refractivity contribution in [2.75, 3.05) is 18.8 Å². The zero-order valence-electron chi connectivity index (χ0n) is 13.0. The quantitative estimate of drug-likeness (QED) is 0.743. The van der Waals surface area contributed by atoms with Crippen LogP contribution >= 0.6 is 0 Å². The second-order valence-corrected chi connectivity index (χ2v) is 8.61. The molecule has 1 saturated carbocycles. The molecule has 1 heterocycles. The molecule has 2 aliphatic rings. The van der Waals surface area contributed by atoms with Crippen LogP contribution in [0.3, 0.4) is 0 Å². The zero-order chi connectivity index (χ0) is 15.7. The molecule has 1 atom stereocenters. The Kier molecular flexibility index (Phi) is 4.95. The van der Waals surface area contributed by atoms with Crippen LogP contribution in [0.2, 0.25) is 0 Å². The van der Waals surface area contributed by atoms with E-state index in [0.29, 0.717) is 38.3 Å². The van der Waals surface area contributed by atoms with Crippen LogP contribution in [0.1, 0.15) is 46.0 Å². The van der Waals surface area contributed by atoms with E-state index in [-0.39, 0.29) is 17.7 Å². The number of rotatable bonds is 6. The van der Waals surface area contributed by atoms with Crippen molar-refractivity contribution in [1.82, 2.24) is 9.62 Å². The predicted molar refractivity (Wildman–Crippen MR) is 82.1 cm³/mol. The normalized spacial score (nSPS) is 24.5. The Labute approximate surface area is 127 Å². The van der Waals surface area contributed by atoms with Crippen LogP contribution < -0.4 is 11.1 Å². The lowest BCUT2D eigenvalue weighted by Gasteiger charge is -2.33. The summed E-state index contributed by atoms with van der Waals surface area (Å²) in [4.78, 5) is 12.2. The number of sulfonamides is 1. The summed E-state index contributed by atoms with van der Waals surface area (Å²) < 4.78 is 25.5. The molecule has 1 aliphatic heterocycles. The van der Waals surface area contributed by atoms with Gasteiger partial charge in [0.25, 0.3) is 0 Å². The molecule has 1 unspecified atom stereocenters. The summed E-state index contributed by atoms with van der Waals surface area (Å²) in [6, 6.07) is 0.0344. The maximum absolute atomic E-state index is 12.2. The topological polar surface area (TPSA) is 92.5 Å². The Morgan fingerprint density at radius 1 is 1.29 bits per heavy atom.